The van der Waals surface area contributed by atoms with Gasteiger partial charge in [0.2, 0.25) is 0 Å². The van der Waals surface area contributed by atoms with Crippen LogP contribution >= 0.6 is 0 Å². The summed E-state index contributed by atoms with van der Waals surface area (Å²) in [5.74, 6) is -0.767. The van der Waals surface area contributed by atoms with E-state index in [1.807, 2.05) is 0 Å². The van der Waals surface area contributed by atoms with Gasteiger partial charge in [-0.3, -0.25) is 0 Å². The molecule has 0 aromatic heterocycles. The summed E-state index contributed by atoms with van der Waals surface area (Å²) in [6.45, 7) is 2.98. The molecule has 3 nitrogen and oxygen atoms in total. The maximum Gasteiger partial charge on any atom is 0.127 e. The molecule has 104 valence electrons. The van der Waals surface area contributed by atoms with Gasteiger partial charge in [0.1, 0.15) is 11.6 Å². The third-order valence-electron chi connectivity index (χ3n) is 3.89. The van der Waals surface area contributed by atoms with Crippen LogP contribution in [-0.4, -0.2) is 39.0 Å². The minimum absolute atomic E-state index is 0.167. The number of ether oxygens (including phenoxy) is 2. The molecule has 1 aromatic carbocycles. The first-order valence-electron chi connectivity index (χ1n) is 6.54. The van der Waals surface area contributed by atoms with Crippen molar-refractivity contribution in [3.63, 3.8) is 0 Å². The van der Waals surface area contributed by atoms with Crippen LogP contribution in [0.2, 0.25) is 0 Å². The van der Waals surface area contributed by atoms with Crippen molar-refractivity contribution in [2.75, 3.05) is 33.0 Å². The van der Waals surface area contributed by atoms with E-state index in [2.05, 4.69) is 5.32 Å². The molecule has 19 heavy (non-hydrogen) atoms. The van der Waals surface area contributed by atoms with Crippen molar-refractivity contribution in [3.05, 3.63) is 35.4 Å². The van der Waals surface area contributed by atoms with Crippen LogP contribution in [0.3, 0.4) is 0 Å². The van der Waals surface area contributed by atoms with Crippen LogP contribution in [0.25, 0.3) is 0 Å². The lowest BCUT2D eigenvalue weighted by Crippen LogP contribution is -2.54. The summed E-state index contributed by atoms with van der Waals surface area (Å²) in [5.41, 5.74) is -0.00371. The first-order chi connectivity index (χ1) is 9.20. The van der Waals surface area contributed by atoms with Gasteiger partial charge in [-0.05, 0) is 24.6 Å². The summed E-state index contributed by atoms with van der Waals surface area (Å²) >= 11 is 0. The summed E-state index contributed by atoms with van der Waals surface area (Å²) in [7, 11) is 0. The van der Waals surface area contributed by atoms with E-state index in [9.17, 15) is 8.78 Å². The van der Waals surface area contributed by atoms with E-state index in [1.165, 1.54) is 12.1 Å². The quantitative estimate of drug-likeness (QED) is 0.904. The predicted octanol–water partition coefficient (Wildman–Crippen LogP) is 1.61. The first kappa shape index (κ1) is 13.0. The molecular weight excluding hydrogens is 252 g/mol. The van der Waals surface area contributed by atoms with Crippen LogP contribution in [0.1, 0.15) is 12.0 Å². The van der Waals surface area contributed by atoms with Crippen molar-refractivity contribution >= 4 is 0 Å². The Labute approximate surface area is 110 Å². The third-order valence-corrected chi connectivity index (χ3v) is 3.89. The average Bonchev–Trinajstić information content (AvgIpc) is 2.38. The van der Waals surface area contributed by atoms with Gasteiger partial charge in [0, 0.05) is 23.6 Å². The molecule has 1 N–H and O–H groups in total. The summed E-state index contributed by atoms with van der Waals surface area (Å²) in [5, 5.41) is 3.35. The van der Waals surface area contributed by atoms with Crippen molar-refractivity contribution in [2.45, 2.75) is 17.9 Å². The summed E-state index contributed by atoms with van der Waals surface area (Å²) < 4.78 is 38.0. The minimum Gasteiger partial charge on any atom is -0.379 e. The van der Waals surface area contributed by atoms with Crippen molar-refractivity contribution in [1.82, 2.24) is 5.32 Å². The van der Waals surface area contributed by atoms with Gasteiger partial charge in [-0.25, -0.2) is 8.78 Å². The predicted molar refractivity (Wildman–Crippen MR) is 66.1 cm³/mol. The second-order valence-electron chi connectivity index (χ2n) is 5.33. The lowest BCUT2D eigenvalue weighted by atomic mass is 9.73. The highest BCUT2D eigenvalue weighted by atomic mass is 19.1. The maximum atomic E-state index is 14.0. The number of rotatable bonds is 3. The van der Waals surface area contributed by atoms with Gasteiger partial charge >= 0.3 is 0 Å². The van der Waals surface area contributed by atoms with Crippen molar-refractivity contribution in [3.8, 4) is 0 Å². The Bertz CT molecular complexity index is 457. The SMILES string of the molecule is Fc1ccc(F)c(C2(CC3COCCN3)COC2)c1. The first-order valence-corrected chi connectivity index (χ1v) is 6.54. The van der Waals surface area contributed by atoms with Gasteiger partial charge in [-0.15, -0.1) is 0 Å². The molecule has 5 heteroatoms. The van der Waals surface area contributed by atoms with Crippen LogP contribution < -0.4 is 5.32 Å². The van der Waals surface area contributed by atoms with Gasteiger partial charge in [0.05, 0.1) is 26.4 Å². The van der Waals surface area contributed by atoms with Crippen LogP contribution in [0.15, 0.2) is 18.2 Å². The van der Waals surface area contributed by atoms with Crippen LogP contribution in [0, 0.1) is 11.6 Å². The van der Waals surface area contributed by atoms with Gasteiger partial charge in [0.25, 0.3) is 0 Å². The molecule has 2 aliphatic heterocycles. The van der Waals surface area contributed by atoms with E-state index in [1.54, 1.807) is 0 Å². The maximum absolute atomic E-state index is 14.0. The van der Waals surface area contributed by atoms with E-state index in [0.717, 1.165) is 12.6 Å². The molecule has 0 saturated carbocycles. The minimum atomic E-state index is -0.426. The molecule has 2 saturated heterocycles. The lowest BCUT2D eigenvalue weighted by molar-refractivity contribution is -0.0769. The number of hydrogen-bond donors (Lipinski definition) is 1. The molecule has 2 fully saturated rings. The fourth-order valence-corrected chi connectivity index (χ4v) is 2.86. The fraction of sp³-hybridized carbons (Fsp3) is 0.571. The van der Waals surface area contributed by atoms with Gasteiger partial charge in [0.15, 0.2) is 0 Å². The normalized spacial score (nSPS) is 25.9. The number of halogens is 2. The molecular formula is C14H17F2NO2. The standard InChI is InChI=1S/C14H17F2NO2/c15-10-1-2-13(16)12(5-10)14(8-19-9-14)6-11-7-18-4-3-17-11/h1-2,5,11,17H,3-4,6-9H2. The smallest absolute Gasteiger partial charge is 0.127 e. The molecule has 0 aliphatic carbocycles. The summed E-state index contributed by atoms with van der Waals surface area (Å²) in [6.07, 6.45) is 0.702. The van der Waals surface area contributed by atoms with E-state index in [0.29, 0.717) is 38.4 Å². The highest BCUT2D eigenvalue weighted by Crippen LogP contribution is 2.38. The summed E-state index contributed by atoms with van der Waals surface area (Å²) in [6, 6.07) is 3.80. The molecule has 2 aliphatic rings. The second-order valence-corrected chi connectivity index (χ2v) is 5.33. The molecule has 0 radical (unpaired) electrons. The van der Waals surface area contributed by atoms with E-state index in [4.69, 9.17) is 9.47 Å². The Kier molecular flexibility index (Phi) is 3.52. The van der Waals surface area contributed by atoms with Crippen LogP contribution in [0.5, 0.6) is 0 Å². The average molecular weight is 269 g/mol. The Hall–Kier alpha value is -1.04. The Morgan fingerprint density at radius 2 is 2.11 bits per heavy atom. The zero-order valence-corrected chi connectivity index (χ0v) is 10.6. The number of benzene rings is 1. The molecule has 0 spiro atoms. The van der Waals surface area contributed by atoms with E-state index >= 15 is 0 Å². The molecule has 0 bridgehead atoms. The second kappa shape index (κ2) is 5.15. The Balaban J connectivity index is 1.83. The molecule has 2 heterocycles. The lowest BCUT2D eigenvalue weighted by Gasteiger charge is -2.44. The molecule has 1 atom stereocenters. The molecule has 1 unspecified atom stereocenters. The highest BCUT2D eigenvalue weighted by Gasteiger charge is 2.44. The van der Waals surface area contributed by atoms with Gasteiger partial charge in [-0.2, -0.15) is 0 Å². The largest absolute Gasteiger partial charge is 0.379 e. The Morgan fingerprint density at radius 3 is 2.74 bits per heavy atom. The molecule has 3 rings (SSSR count). The number of hydrogen-bond acceptors (Lipinski definition) is 3. The number of nitrogens with one attached hydrogen (secondary N) is 1. The number of morpholine rings is 1. The van der Waals surface area contributed by atoms with Crippen LogP contribution in [0.4, 0.5) is 8.78 Å². The highest BCUT2D eigenvalue weighted by molar-refractivity contribution is 5.30. The van der Waals surface area contributed by atoms with Crippen molar-refractivity contribution < 1.29 is 18.3 Å². The van der Waals surface area contributed by atoms with Crippen molar-refractivity contribution in [1.29, 1.82) is 0 Å². The van der Waals surface area contributed by atoms with Crippen molar-refractivity contribution in [2.24, 2.45) is 0 Å². The Morgan fingerprint density at radius 1 is 1.26 bits per heavy atom. The summed E-state index contributed by atoms with van der Waals surface area (Å²) in [4.78, 5) is 0. The van der Waals surface area contributed by atoms with Crippen LogP contribution in [-0.2, 0) is 14.9 Å². The topological polar surface area (TPSA) is 30.5 Å². The van der Waals surface area contributed by atoms with E-state index < -0.39 is 11.2 Å². The van der Waals surface area contributed by atoms with Gasteiger partial charge in [-0.1, -0.05) is 0 Å². The molecule has 0 amide bonds. The third kappa shape index (κ3) is 2.50. The molecule has 1 aromatic rings. The van der Waals surface area contributed by atoms with Gasteiger partial charge < -0.3 is 14.8 Å². The monoisotopic (exact) mass is 269 g/mol. The zero-order valence-electron chi connectivity index (χ0n) is 10.6. The van der Waals surface area contributed by atoms with E-state index in [-0.39, 0.29) is 11.9 Å². The zero-order chi connectivity index (χ0) is 13.3. The fourth-order valence-electron chi connectivity index (χ4n) is 2.86.